The van der Waals surface area contributed by atoms with Gasteiger partial charge in [-0.05, 0) is 6.42 Å². The molecule has 0 aliphatic carbocycles. The minimum Gasteiger partial charge on any atom is -0.481 e. The lowest BCUT2D eigenvalue weighted by Gasteiger charge is -2.42. The van der Waals surface area contributed by atoms with E-state index in [4.69, 9.17) is 10.2 Å². The lowest BCUT2D eigenvalue weighted by atomic mass is 9.86. The van der Waals surface area contributed by atoms with Crippen molar-refractivity contribution in [1.82, 2.24) is 4.90 Å². The quantitative estimate of drug-likeness (QED) is 0.489. The Morgan fingerprint density at radius 1 is 1.00 bits per heavy atom. The van der Waals surface area contributed by atoms with Crippen molar-refractivity contribution in [1.29, 1.82) is 0 Å². The standard InChI is InChI=1S/C8H10F3NO6/c9-8(10,11)12-4(13)2(6(15)16)1-3(5(12)14)7(17)18/h2-5,13-14H,1H2,(H,15,16)(H,17,18). The summed E-state index contributed by atoms with van der Waals surface area (Å²) < 4.78 is 37.6. The maximum atomic E-state index is 12.5. The highest BCUT2D eigenvalue weighted by atomic mass is 19.4. The number of carboxylic acid groups (broad SMARTS) is 2. The van der Waals surface area contributed by atoms with Crippen LogP contribution in [0.1, 0.15) is 6.42 Å². The molecule has 1 aliphatic heterocycles. The second-order valence-electron chi connectivity index (χ2n) is 3.83. The minimum atomic E-state index is -5.25. The Balaban J connectivity index is 3.13. The predicted octanol–water partition coefficient (Wildman–Crippen LogP) is -0.750. The molecule has 104 valence electrons. The van der Waals surface area contributed by atoms with E-state index in [1.165, 1.54) is 0 Å². The Labute approximate surface area is 98.0 Å². The van der Waals surface area contributed by atoms with Crippen LogP contribution in [0.5, 0.6) is 0 Å². The first-order chi connectivity index (χ1) is 8.07. The van der Waals surface area contributed by atoms with Gasteiger partial charge in [0.05, 0.1) is 11.8 Å². The van der Waals surface area contributed by atoms with E-state index in [2.05, 4.69) is 0 Å². The fourth-order valence-corrected chi connectivity index (χ4v) is 1.82. The van der Waals surface area contributed by atoms with Gasteiger partial charge in [0.2, 0.25) is 0 Å². The summed E-state index contributed by atoms with van der Waals surface area (Å²) in [4.78, 5) is 20.5. The average molecular weight is 273 g/mol. The smallest absolute Gasteiger partial charge is 0.464 e. The van der Waals surface area contributed by atoms with Crippen molar-refractivity contribution in [2.45, 2.75) is 25.2 Å². The number of hydrogen-bond donors (Lipinski definition) is 4. The summed E-state index contributed by atoms with van der Waals surface area (Å²) in [6, 6.07) is 0. The number of rotatable bonds is 2. The molecule has 0 aromatic heterocycles. The van der Waals surface area contributed by atoms with Crippen molar-refractivity contribution in [2.75, 3.05) is 0 Å². The largest absolute Gasteiger partial charge is 0.481 e. The van der Waals surface area contributed by atoms with Gasteiger partial charge in [0.25, 0.3) is 0 Å². The molecule has 1 aliphatic rings. The SMILES string of the molecule is O=C(O)C1CC(C(=O)O)C(O)N(C(F)(F)F)C1O. The van der Waals surface area contributed by atoms with Crippen LogP contribution in [-0.2, 0) is 9.59 Å². The van der Waals surface area contributed by atoms with Crippen LogP contribution >= 0.6 is 0 Å². The Hall–Kier alpha value is -1.39. The second-order valence-corrected chi connectivity index (χ2v) is 3.83. The molecule has 10 heteroatoms. The number of piperidine rings is 1. The van der Waals surface area contributed by atoms with E-state index >= 15 is 0 Å². The third-order valence-corrected chi connectivity index (χ3v) is 2.72. The third-order valence-electron chi connectivity index (χ3n) is 2.72. The van der Waals surface area contributed by atoms with E-state index in [9.17, 15) is 33.0 Å². The Morgan fingerprint density at radius 3 is 1.56 bits per heavy atom. The maximum absolute atomic E-state index is 12.5. The molecule has 1 fully saturated rings. The predicted molar refractivity (Wildman–Crippen MR) is 46.8 cm³/mol. The lowest BCUT2D eigenvalue weighted by molar-refractivity contribution is -0.346. The molecular formula is C8H10F3NO6. The number of aliphatic hydroxyl groups is 2. The van der Waals surface area contributed by atoms with E-state index in [1.54, 1.807) is 0 Å². The van der Waals surface area contributed by atoms with Crippen molar-refractivity contribution in [3.8, 4) is 0 Å². The molecule has 18 heavy (non-hydrogen) atoms. The zero-order valence-electron chi connectivity index (χ0n) is 8.70. The zero-order valence-corrected chi connectivity index (χ0v) is 8.70. The first-order valence-corrected chi connectivity index (χ1v) is 4.74. The van der Waals surface area contributed by atoms with Gasteiger partial charge in [0.15, 0.2) is 0 Å². The van der Waals surface area contributed by atoms with Crippen LogP contribution < -0.4 is 0 Å². The van der Waals surface area contributed by atoms with Crippen molar-refractivity contribution >= 4 is 11.9 Å². The highest BCUT2D eigenvalue weighted by Crippen LogP contribution is 2.37. The fraction of sp³-hybridized carbons (Fsp3) is 0.750. The van der Waals surface area contributed by atoms with Crippen LogP contribution in [0.2, 0.25) is 0 Å². The summed E-state index contributed by atoms with van der Waals surface area (Å²) in [6.07, 6.45) is -11.1. The van der Waals surface area contributed by atoms with E-state index in [1.807, 2.05) is 0 Å². The van der Waals surface area contributed by atoms with E-state index in [-0.39, 0.29) is 0 Å². The van der Waals surface area contributed by atoms with Crippen LogP contribution in [-0.4, -0.2) is 56.0 Å². The first kappa shape index (κ1) is 14.7. The van der Waals surface area contributed by atoms with Crippen LogP contribution in [0.4, 0.5) is 13.2 Å². The van der Waals surface area contributed by atoms with Crippen molar-refractivity contribution < 1.29 is 43.2 Å². The molecule has 7 nitrogen and oxygen atoms in total. The van der Waals surface area contributed by atoms with Crippen LogP contribution in [0.3, 0.4) is 0 Å². The number of aliphatic hydroxyl groups excluding tert-OH is 2. The molecule has 0 bridgehead atoms. The summed E-state index contributed by atoms with van der Waals surface area (Å²) in [5.74, 6) is -7.43. The molecular weight excluding hydrogens is 263 g/mol. The molecule has 0 aromatic carbocycles. The molecule has 1 rings (SSSR count). The van der Waals surface area contributed by atoms with Crippen LogP contribution in [0, 0.1) is 11.8 Å². The van der Waals surface area contributed by atoms with Crippen LogP contribution in [0.15, 0.2) is 0 Å². The van der Waals surface area contributed by atoms with Crippen molar-refractivity contribution in [3.05, 3.63) is 0 Å². The number of carboxylic acids is 2. The lowest BCUT2D eigenvalue weighted by Crippen LogP contribution is -2.63. The number of alkyl halides is 3. The average Bonchev–Trinajstić information content (AvgIpc) is 2.13. The first-order valence-electron chi connectivity index (χ1n) is 4.74. The van der Waals surface area contributed by atoms with Gasteiger partial charge in [0, 0.05) is 0 Å². The number of halogens is 3. The number of nitrogens with zero attached hydrogens (tertiary/aromatic N) is 1. The van der Waals surface area contributed by atoms with Crippen LogP contribution in [0.25, 0.3) is 0 Å². The van der Waals surface area contributed by atoms with Crippen molar-refractivity contribution in [3.63, 3.8) is 0 Å². The molecule has 0 radical (unpaired) electrons. The number of likely N-dealkylation sites (tertiary alicyclic amines) is 1. The summed E-state index contributed by atoms with van der Waals surface area (Å²) in [6.45, 7) is 0. The maximum Gasteiger partial charge on any atom is 0.464 e. The highest BCUT2D eigenvalue weighted by Gasteiger charge is 2.56. The molecule has 0 amide bonds. The zero-order chi connectivity index (χ0) is 14.2. The van der Waals surface area contributed by atoms with Gasteiger partial charge < -0.3 is 20.4 Å². The molecule has 1 saturated heterocycles. The monoisotopic (exact) mass is 273 g/mol. The molecule has 4 N–H and O–H groups in total. The van der Waals surface area contributed by atoms with Crippen molar-refractivity contribution in [2.24, 2.45) is 11.8 Å². The van der Waals surface area contributed by atoms with Gasteiger partial charge >= 0.3 is 18.2 Å². The van der Waals surface area contributed by atoms with Gasteiger partial charge in [-0.2, -0.15) is 18.1 Å². The summed E-state index contributed by atoms with van der Waals surface area (Å²) >= 11 is 0. The molecule has 0 spiro atoms. The van der Waals surface area contributed by atoms with Gasteiger partial charge in [0.1, 0.15) is 12.5 Å². The molecule has 4 unspecified atom stereocenters. The van der Waals surface area contributed by atoms with Gasteiger partial charge in [-0.25, -0.2) is 0 Å². The van der Waals surface area contributed by atoms with Gasteiger partial charge in [-0.1, -0.05) is 0 Å². The Kier molecular flexibility index (Phi) is 3.84. The van der Waals surface area contributed by atoms with Gasteiger partial charge in [-0.3, -0.25) is 9.59 Å². The molecule has 0 saturated carbocycles. The summed E-state index contributed by atoms with van der Waals surface area (Å²) in [7, 11) is 0. The normalized spacial score (nSPS) is 34.3. The van der Waals surface area contributed by atoms with E-state index < -0.39 is 53.9 Å². The van der Waals surface area contributed by atoms with E-state index in [0.717, 1.165) is 0 Å². The second kappa shape index (κ2) is 4.71. The van der Waals surface area contributed by atoms with E-state index in [0.29, 0.717) is 0 Å². The molecule has 1 heterocycles. The summed E-state index contributed by atoms with van der Waals surface area (Å²) in [5, 5.41) is 35.9. The summed E-state index contributed by atoms with van der Waals surface area (Å²) in [5.41, 5.74) is 0. The molecule has 4 atom stereocenters. The third kappa shape index (κ3) is 2.54. The Bertz CT molecular complexity index is 333. The topological polar surface area (TPSA) is 118 Å². The Morgan fingerprint density at radius 2 is 1.33 bits per heavy atom. The fourth-order valence-electron chi connectivity index (χ4n) is 1.82. The number of carbonyl (C=O) groups is 2. The van der Waals surface area contributed by atoms with Gasteiger partial charge in [-0.15, -0.1) is 0 Å². The number of aliphatic carboxylic acids is 2. The highest BCUT2D eigenvalue weighted by molar-refractivity contribution is 5.75. The molecule has 0 aromatic rings. The minimum absolute atomic E-state index is 0.792. The number of hydrogen-bond acceptors (Lipinski definition) is 5.